The molecular weight excluding hydrogens is 300 g/mol. The molecule has 0 fully saturated rings. The Balaban J connectivity index is 2.59. The van der Waals surface area contributed by atoms with Crippen LogP contribution in [0, 0.1) is 0 Å². The van der Waals surface area contributed by atoms with Gasteiger partial charge >= 0.3 is 5.97 Å². The van der Waals surface area contributed by atoms with Crippen LogP contribution >= 0.6 is 15.9 Å². The maximum Gasteiger partial charge on any atom is 0.339 e. The van der Waals surface area contributed by atoms with Gasteiger partial charge in [0.15, 0.2) is 10.4 Å². The van der Waals surface area contributed by atoms with E-state index in [1.54, 1.807) is 16.8 Å². The van der Waals surface area contributed by atoms with Crippen molar-refractivity contribution in [3.05, 3.63) is 28.6 Å². The summed E-state index contributed by atoms with van der Waals surface area (Å²) in [5.74, 6) is -0.588. The van der Waals surface area contributed by atoms with Gasteiger partial charge in [-0.05, 0) is 48.8 Å². The normalized spacial score (nSPS) is 11.8. The topological polar surface area (TPSA) is 68.3 Å². The van der Waals surface area contributed by atoms with Gasteiger partial charge in [-0.25, -0.2) is 4.79 Å². The van der Waals surface area contributed by atoms with Gasteiger partial charge in [-0.2, -0.15) is 5.10 Å². The molecule has 0 saturated heterocycles. The van der Waals surface area contributed by atoms with Crippen molar-refractivity contribution in [2.75, 3.05) is 0 Å². The highest BCUT2D eigenvalue weighted by Crippen LogP contribution is 2.28. The molecule has 0 unspecified atom stereocenters. The number of carboxylic acids is 1. The molecule has 0 bridgehead atoms. The minimum absolute atomic E-state index is 0.131. The fraction of sp³-hybridized carbons (Fsp3) is 0.333. The summed E-state index contributed by atoms with van der Waals surface area (Å²) in [6.45, 7) is 5.86. The maximum atomic E-state index is 11.2. The second-order valence-electron chi connectivity index (χ2n) is 4.92. The Morgan fingerprint density at radius 1 is 1.44 bits per heavy atom. The zero-order valence-electron chi connectivity index (χ0n) is 10.3. The molecular formula is C12H13BrN2O3. The highest BCUT2D eigenvalue weighted by atomic mass is 79.9. The Kier molecular flexibility index (Phi) is 3.06. The minimum Gasteiger partial charge on any atom is -0.478 e. The van der Waals surface area contributed by atoms with E-state index in [2.05, 4.69) is 21.0 Å². The number of rotatable bonds is 2. The second kappa shape index (κ2) is 4.28. The lowest BCUT2D eigenvalue weighted by atomic mass is 10.1. The average Bonchev–Trinajstić information content (AvgIpc) is 2.81. The molecule has 0 aliphatic rings. The monoisotopic (exact) mass is 312 g/mol. The molecule has 0 aliphatic heterocycles. The van der Waals surface area contributed by atoms with Gasteiger partial charge in [-0.3, -0.25) is 4.68 Å². The van der Waals surface area contributed by atoms with Crippen LogP contribution < -0.4 is 0 Å². The third-order valence-corrected chi connectivity index (χ3v) is 2.86. The molecule has 2 rings (SSSR count). The number of hydrogen-bond acceptors (Lipinski definition) is 3. The zero-order valence-corrected chi connectivity index (χ0v) is 11.9. The number of carbonyl (C=O) groups is 1. The van der Waals surface area contributed by atoms with Crippen LogP contribution in [-0.4, -0.2) is 20.9 Å². The standard InChI is InChI=1S/C12H13BrN2O3/c1-12(2,3)15-6-7(11(16)17)10(14-15)8-4-5-9(13)18-8/h4-6H,1-3H3,(H,16,17). The van der Waals surface area contributed by atoms with Gasteiger partial charge in [0.1, 0.15) is 11.3 Å². The molecule has 18 heavy (non-hydrogen) atoms. The SMILES string of the molecule is CC(C)(C)n1cc(C(=O)O)c(-c2ccc(Br)o2)n1. The number of hydrogen-bond donors (Lipinski definition) is 1. The summed E-state index contributed by atoms with van der Waals surface area (Å²) in [7, 11) is 0. The van der Waals surface area contributed by atoms with E-state index < -0.39 is 5.97 Å². The van der Waals surface area contributed by atoms with Crippen molar-refractivity contribution in [3.63, 3.8) is 0 Å². The maximum absolute atomic E-state index is 11.2. The number of nitrogens with zero attached hydrogens (tertiary/aromatic N) is 2. The zero-order chi connectivity index (χ0) is 13.5. The molecule has 0 aliphatic carbocycles. The van der Waals surface area contributed by atoms with Gasteiger partial charge in [0, 0.05) is 6.20 Å². The van der Waals surface area contributed by atoms with Crippen molar-refractivity contribution in [1.29, 1.82) is 0 Å². The van der Waals surface area contributed by atoms with Crippen LogP contribution in [0.1, 0.15) is 31.1 Å². The molecule has 2 aromatic heterocycles. The molecule has 96 valence electrons. The van der Waals surface area contributed by atoms with E-state index in [9.17, 15) is 9.90 Å². The first-order valence-corrected chi connectivity index (χ1v) is 6.17. The summed E-state index contributed by atoms with van der Waals surface area (Å²) >= 11 is 3.19. The van der Waals surface area contributed by atoms with Crippen LogP contribution in [0.25, 0.3) is 11.5 Å². The number of furan rings is 1. The van der Waals surface area contributed by atoms with E-state index in [1.165, 1.54) is 6.20 Å². The fourth-order valence-electron chi connectivity index (χ4n) is 1.50. The lowest BCUT2D eigenvalue weighted by Crippen LogP contribution is -2.22. The summed E-state index contributed by atoms with van der Waals surface area (Å²) < 4.78 is 7.53. The summed E-state index contributed by atoms with van der Waals surface area (Å²) in [5, 5.41) is 13.5. The molecule has 6 heteroatoms. The van der Waals surface area contributed by atoms with Crippen molar-refractivity contribution < 1.29 is 14.3 Å². The molecule has 5 nitrogen and oxygen atoms in total. The molecule has 0 amide bonds. The smallest absolute Gasteiger partial charge is 0.339 e. The predicted octanol–water partition coefficient (Wildman–Crippen LogP) is 3.36. The fourth-order valence-corrected chi connectivity index (χ4v) is 1.80. The Bertz CT molecular complexity index is 593. The van der Waals surface area contributed by atoms with Gasteiger partial charge in [0.2, 0.25) is 0 Å². The highest BCUT2D eigenvalue weighted by Gasteiger charge is 2.24. The van der Waals surface area contributed by atoms with Gasteiger partial charge in [-0.1, -0.05) is 0 Å². The van der Waals surface area contributed by atoms with Crippen LogP contribution in [0.3, 0.4) is 0 Å². The van der Waals surface area contributed by atoms with Gasteiger partial charge in [0.25, 0.3) is 0 Å². The molecule has 0 radical (unpaired) electrons. The largest absolute Gasteiger partial charge is 0.478 e. The molecule has 1 N–H and O–H groups in total. The number of carboxylic acid groups (broad SMARTS) is 1. The lowest BCUT2D eigenvalue weighted by molar-refractivity contribution is 0.0697. The quantitative estimate of drug-likeness (QED) is 0.923. The van der Waals surface area contributed by atoms with E-state index in [4.69, 9.17) is 4.42 Å². The van der Waals surface area contributed by atoms with Crippen LogP contribution in [0.5, 0.6) is 0 Å². The van der Waals surface area contributed by atoms with E-state index in [-0.39, 0.29) is 11.1 Å². The van der Waals surface area contributed by atoms with Crippen molar-refractivity contribution in [1.82, 2.24) is 9.78 Å². The first-order chi connectivity index (χ1) is 8.29. The van der Waals surface area contributed by atoms with E-state index in [0.29, 0.717) is 16.1 Å². The van der Waals surface area contributed by atoms with E-state index in [0.717, 1.165) is 0 Å². The Morgan fingerprint density at radius 3 is 2.56 bits per heavy atom. The molecule has 2 heterocycles. The van der Waals surface area contributed by atoms with Crippen LogP contribution in [-0.2, 0) is 5.54 Å². The second-order valence-corrected chi connectivity index (χ2v) is 5.70. The van der Waals surface area contributed by atoms with Gasteiger partial charge < -0.3 is 9.52 Å². The summed E-state index contributed by atoms with van der Waals surface area (Å²) in [5.41, 5.74) is 0.182. The number of halogens is 1. The molecule has 0 aromatic carbocycles. The van der Waals surface area contributed by atoms with Crippen molar-refractivity contribution >= 4 is 21.9 Å². The summed E-state index contributed by atoms with van der Waals surface area (Å²) in [4.78, 5) is 11.2. The number of aromatic carboxylic acids is 1. The molecule has 0 atom stereocenters. The first kappa shape index (κ1) is 12.9. The number of aromatic nitrogens is 2. The van der Waals surface area contributed by atoms with Gasteiger partial charge in [0.05, 0.1) is 5.54 Å². The Labute approximate surface area is 113 Å². The van der Waals surface area contributed by atoms with E-state index in [1.807, 2.05) is 20.8 Å². The molecule has 0 spiro atoms. The van der Waals surface area contributed by atoms with Crippen LogP contribution in [0.15, 0.2) is 27.4 Å². The molecule has 2 aromatic rings. The first-order valence-electron chi connectivity index (χ1n) is 5.38. The van der Waals surface area contributed by atoms with Crippen LogP contribution in [0.2, 0.25) is 0 Å². The third-order valence-electron chi connectivity index (χ3n) is 2.44. The van der Waals surface area contributed by atoms with E-state index >= 15 is 0 Å². The van der Waals surface area contributed by atoms with Crippen molar-refractivity contribution in [3.8, 4) is 11.5 Å². The van der Waals surface area contributed by atoms with Gasteiger partial charge in [-0.15, -0.1) is 0 Å². The predicted molar refractivity (Wildman–Crippen MR) is 69.6 cm³/mol. The van der Waals surface area contributed by atoms with Crippen LogP contribution in [0.4, 0.5) is 0 Å². The average molecular weight is 313 g/mol. The summed E-state index contributed by atoms with van der Waals surface area (Å²) in [6.07, 6.45) is 1.52. The highest BCUT2D eigenvalue weighted by molar-refractivity contribution is 9.10. The Morgan fingerprint density at radius 2 is 2.11 bits per heavy atom. The van der Waals surface area contributed by atoms with Crippen molar-refractivity contribution in [2.24, 2.45) is 0 Å². The Hall–Kier alpha value is -1.56. The molecule has 0 saturated carbocycles. The summed E-state index contributed by atoms with van der Waals surface area (Å²) in [6, 6.07) is 3.39. The third kappa shape index (κ3) is 2.33. The lowest BCUT2D eigenvalue weighted by Gasteiger charge is -2.18. The minimum atomic E-state index is -1.02. The van der Waals surface area contributed by atoms with Crippen molar-refractivity contribution in [2.45, 2.75) is 26.3 Å².